The Labute approximate surface area is 104 Å². The molecule has 0 rings (SSSR count). The Balaban J connectivity index is 4.04. The van der Waals surface area contributed by atoms with Gasteiger partial charge in [0.25, 0.3) is 0 Å². The Morgan fingerprint density at radius 1 is 1.12 bits per heavy atom. The lowest BCUT2D eigenvalue weighted by atomic mass is 9.95. The van der Waals surface area contributed by atoms with Gasteiger partial charge in [-0.25, -0.2) is 0 Å². The molecule has 0 aliphatic carbocycles. The monoisotopic (exact) mass is 243 g/mol. The molecule has 0 aromatic carbocycles. The van der Waals surface area contributed by atoms with Crippen LogP contribution in [0.15, 0.2) is 0 Å². The average molecular weight is 243 g/mol. The summed E-state index contributed by atoms with van der Waals surface area (Å²) in [5.74, 6) is -0.508. The number of amides is 1. The topological polar surface area (TPSA) is 66.4 Å². The standard InChI is InChI=1S/C13H25NO3/c1-5-11(6-2)10(4)14-12(15)7-9(3)8-13(16)17/h9-11H,5-8H2,1-4H3,(H,14,15)(H,16,17). The molecule has 0 heterocycles. The molecule has 4 nitrogen and oxygen atoms in total. The second kappa shape index (κ2) is 8.09. The molecule has 4 heteroatoms. The summed E-state index contributed by atoms with van der Waals surface area (Å²) < 4.78 is 0. The lowest BCUT2D eigenvalue weighted by molar-refractivity contribution is -0.138. The zero-order valence-electron chi connectivity index (χ0n) is 11.3. The zero-order valence-corrected chi connectivity index (χ0v) is 11.3. The molecular weight excluding hydrogens is 218 g/mol. The number of aliphatic carboxylic acids is 1. The summed E-state index contributed by atoms with van der Waals surface area (Å²) in [6.07, 6.45) is 2.43. The van der Waals surface area contributed by atoms with Crippen molar-refractivity contribution in [2.24, 2.45) is 11.8 Å². The predicted molar refractivity (Wildman–Crippen MR) is 67.7 cm³/mol. The van der Waals surface area contributed by atoms with Gasteiger partial charge in [-0.3, -0.25) is 9.59 Å². The highest BCUT2D eigenvalue weighted by molar-refractivity contribution is 5.77. The molecular formula is C13H25NO3. The largest absolute Gasteiger partial charge is 0.481 e. The quantitative estimate of drug-likeness (QED) is 0.688. The van der Waals surface area contributed by atoms with Crippen molar-refractivity contribution in [3.63, 3.8) is 0 Å². The Hall–Kier alpha value is -1.06. The van der Waals surface area contributed by atoms with Gasteiger partial charge in [-0.2, -0.15) is 0 Å². The van der Waals surface area contributed by atoms with Gasteiger partial charge in [0.1, 0.15) is 0 Å². The summed E-state index contributed by atoms with van der Waals surface area (Å²) in [6.45, 7) is 8.03. The smallest absolute Gasteiger partial charge is 0.303 e. The van der Waals surface area contributed by atoms with Gasteiger partial charge in [-0.15, -0.1) is 0 Å². The van der Waals surface area contributed by atoms with Crippen molar-refractivity contribution in [3.8, 4) is 0 Å². The number of carbonyl (C=O) groups is 2. The zero-order chi connectivity index (χ0) is 13.4. The molecule has 2 unspecified atom stereocenters. The summed E-state index contributed by atoms with van der Waals surface area (Å²) in [6, 6.07) is 0.162. The Morgan fingerprint density at radius 2 is 1.65 bits per heavy atom. The third-order valence-corrected chi connectivity index (χ3v) is 3.20. The van der Waals surface area contributed by atoms with E-state index < -0.39 is 5.97 Å². The molecule has 100 valence electrons. The van der Waals surface area contributed by atoms with Gasteiger partial charge < -0.3 is 10.4 Å². The molecule has 2 N–H and O–H groups in total. The molecule has 0 bridgehead atoms. The van der Waals surface area contributed by atoms with Gasteiger partial charge in [0, 0.05) is 18.9 Å². The predicted octanol–water partition coefficient (Wildman–Crippen LogP) is 2.43. The average Bonchev–Trinajstić information content (AvgIpc) is 2.17. The lowest BCUT2D eigenvalue weighted by Crippen LogP contribution is -2.38. The van der Waals surface area contributed by atoms with Gasteiger partial charge in [0.05, 0.1) is 0 Å². The highest BCUT2D eigenvalue weighted by Crippen LogP contribution is 2.13. The van der Waals surface area contributed by atoms with Crippen LogP contribution < -0.4 is 5.32 Å². The molecule has 0 aromatic heterocycles. The van der Waals surface area contributed by atoms with Crippen LogP contribution in [-0.4, -0.2) is 23.0 Å². The summed E-state index contributed by atoms with van der Waals surface area (Å²) in [5, 5.41) is 11.6. The first-order valence-corrected chi connectivity index (χ1v) is 6.41. The van der Waals surface area contributed by atoms with Crippen LogP contribution in [0.1, 0.15) is 53.4 Å². The van der Waals surface area contributed by atoms with E-state index in [0.29, 0.717) is 5.92 Å². The maximum absolute atomic E-state index is 11.7. The lowest BCUT2D eigenvalue weighted by Gasteiger charge is -2.23. The number of carboxylic acid groups (broad SMARTS) is 1. The van der Waals surface area contributed by atoms with E-state index >= 15 is 0 Å². The van der Waals surface area contributed by atoms with Gasteiger partial charge in [0.15, 0.2) is 0 Å². The molecule has 0 radical (unpaired) electrons. The Bertz CT molecular complexity index is 249. The van der Waals surface area contributed by atoms with E-state index in [-0.39, 0.29) is 30.7 Å². The molecule has 0 saturated carbocycles. The number of hydrogen-bond donors (Lipinski definition) is 2. The third kappa shape index (κ3) is 6.97. The van der Waals surface area contributed by atoms with Crippen LogP contribution in [0.4, 0.5) is 0 Å². The van der Waals surface area contributed by atoms with Crippen LogP contribution in [-0.2, 0) is 9.59 Å². The van der Waals surface area contributed by atoms with Crippen molar-refractivity contribution in [2.75, 3.05) is 0 Å². The van der Waals surface area contributed by atoms with Gasteiger partial charge >= 0.3 is 5.97 Å². The molecule has 17 heavy (non-hydrogen) atoms. The van der Waals surface area contributed by atoms with E-state index in [1.165, 1.54) is 0 Å². The minimum atomic E-state index is -0.849. The van der Waals surface area contributed by atoms with Crippen molar-refractivity contribution in [2.45, 2.75) is 59.4 Å². The first-order chi connectivity index (χ1) is 7.90. The fourth-order valence-electron chi connectivity index (χ4n) is 2.11. The highest BCUT2D eigenvalue weighted by Gasteiger charge is 2.18. The summed E-state index contributed by atoms with van der Waals surface area (Å²) in [5.41, 5.74) is 0. The van der Waals surface area contributed by atoms with Crippen LogP contribution in [0.5, 0.6) is 0 Å². The molecule has 0 spiro atoms. The van der Waals surface area contributed by atoms with Crippen molar-refractivity contribution in [1.29, 1.82) is 0 Å². The number of nitrogens with one attached hydrogen (secondary N) is 1. The second-order valence-corrected chi connectivity index (χ2v) is 4.84. The number of hydrogen-bond acceptors (Lipinski definition) is 2. The fraction of sp³-hybridized carbons (Fsp3) is 0.846. The molecule has 0 fully saturated rings. The molecule has 0 aliphatic rings. The van der Waals surface area contributed by atoms with E-state index in [1.54, 1.807) is 6.92 Å². The van der Waals surface area contributed by atoms with Crippen molar-refractivity contribution < 1.29 is 14.7 Å². The number of rotatable bonds is 8. The van der Waals surface area contributed by atoms with Gasteiger partial charge in [-0.05, 0) is 18.8 Å². The van der Waals surface area contributed by atoms with E-state index in [9.17, 15) is 9.59 Å². The normalized spacial score (nSPS) is 14.4. The minimum absolute atomic E-state index is 0.0434. The Morgan fingerprint density at radius 3 is 2.06 bits per heavy atom. The first kappa shape index (κ1) is 15.9. The van der Waals surface area contributed by atoms with Crippen LogP contribution in [0.3, 0.4) is 0 Å². The van der Waals surface area contributed by atoms with Gasteiger partial charge in [0.2, 0.25) is 5.91 Å². The second-order valence-electron chi connectivity index (χ2n) is 4.84. The van der Waals surface area contributed by atoms with Crippen LogP contribution in [0.25, 0.3) is 0 Å². The Kier molecular flexibility index (Phi) is 7.59. The van der Waals surface area contributed by atoms with Crippen LogP contribution in [0, 0.1) is 11.8 Å². The summed E-state index contributed by atoms with van der Waals surface area (Å²) in [7, 11) is 0. The SMILES string of the molecule is CCC(CC)C(C)NC(=O)CC(C)CC(=O)O. The van der Waals surface area contributed by atoms with Crippen molar-refractivity contribution in [1.82, 2.24) is 5.32 Å². The van der Waals surface area contributed by atoms with E-state index in [4.69, 9.17) is 5.11 Å². The fourth-order valence-corrected chi connectivity index (χ4v) is 2.11. The van der Waals surface area contributed by atoms with Crippen molar-refractivity contribution in [3.05, 3.63) is 0 Å². The molecule has 0 saturated heterocycles. The summed E-state index contributed by atoms with van der Waals surface area (Å²) >= 11 is 0. The third-order valence-electron chi connectivity index (χ3n) is 3.20. The van der Waals surface area contributed by atoms with Gasteiger partial charge in [-0.1, -0.05) is 33.6 Å². The maximum atomic E-state index is 11.7. The van der Waals surface area contributed by atoms with Crippen LogP contribution in [0.2, 0.25) is 0 Å². The minimum Gasteiger partial charge on any atom is -0.481 e. The molecule has 0 aromatic rings. The first-order valence-electron chi connectivity index (χ1n) is 6.41. The van der Waals surface area contributed by atoms with E-state index in [1.807, 2.05) is 6.92 Å². The molecule has 1 amide bonds. The van der Waals surface area contributed by atoms with Crippen LogP contribution >= 0.6 is 0 Å². The maximum Gasteiger partial charge on any atom is 0.303 e. The highest BCUT2D eigenvalue weighted by atomic mass is 16.4. The number of carbonyl (C=O) groups excluding carboxylic acids is 1. The van der Waals surface area contributed by atoms with Crippen molar-refractivity contribution >= 4 is 11.9 Å². The molecule has 2 atom stereocenters. The van der Waals surface area contributed by atoms with E-state index in [2.05, 4.69) is 19.2 Å². The molecule has 0 aliphatic heterocycles. The number of carboxylic acids is 1. The summed E-state index contributed by atoms with van der Waals surface area (Å²) in [4.78, 5) is 22.2. The van der Waals surface area contributed by atoms with E-state index in [0.717, 1.165) is 12.8 Å².